The van der Waals surface area contributed by atoms with E-state index in [2.05, 4.69) is 11.8 Å². The maximum Gasteiger partial charge on any atom is 0.308 e. The molecule has 1 aromatic carbocycles. The molecule has 1 aromatic rings. The van der Waals surface area contributed by atoms with Gasteiger partial charge in [0.2, 0.25) is 0 Å². The second-order valence-corrected chi connectivity index (χ2v) is 4.89. The number of hydrogen-bond acceptors (Lipinski definition) is 2. The van der Waals surface area contributed by atoms with Crippen LogP contribution in [0.2, 0.25) is 5.02 Å². The summed E-state index contributed by atoms with van der Waals surface area (Å²) in [6.45, 7) is 4.37. The highest BCUT2D eigenvalue weighted by Crippen LogP contribution is 2.33. The van der Waals surface area contributed by atoms with Crippen LogP contribution in [0.15, 0.2) is 24.3 Å². The lowest BCUT2D eigenvalue weighted by Gasteiger charge is -2.15. The van der Waals surface area contributed by atoms with Crippen LogP contribution in [0.1, 0.15) is 18.4 Å². The SMILES string of the molecule is CCN1CC(C(=O)O)C(c2cccc(Cl)c2)C1. The molecule has 0 aromatic heterocycles. The van der Waals surface area contributed by atoms with Crippen LogP contribution in [0.3, 0.4) is 0 Å². The molecule has 0 bridgehead atoms. The molecular formula is C13H16ClNO2. The third-order valence-electron chi connectivity index (χ3n) is 3.44. The summed E-state index contributed by atoms with van der Waals surface area (Å²) in [5, 5.41) is 9.94. The minimum atomic E-state index is -0.717. The minimum Gasteiger partial charge on any atom is -0.481 e. The van der Waals surface area contributed by atoms with Crippen molar-refractivity contribution < 1.29 is 9.90 Å². The van der Waals surface area contributed by atoms with Crippen molar-refractivity contribution in [2.75, 3.05) is 19.6 Å². The molecule has 1 aliphatic heterocycles. The van der Waals surface area contributed by atoms with E-state index in [4.69, 9.17) is 11.6 Å². The van der Waals surface area contributed by atoms with E-state index < -0.39 is 5.97 Å². The monoisotopic (exact) mass is 253 g/mol. The van der Waals surface area contributed by atoms with Gasteiger partial charge in [0.15, 0.2) is 0 Å². The molecule has 1 heterocycles. The molecule has 3 nitrogen and oxygen atoms in total. The van der Waals surface area contributed by atoms with Crippen molar-refractivity contribution in [3.8, 4) is 0 Å². The van der Waals surface area contributed by atoms with E-state index >= 15 is 0 Å². The molecule has 0 spiro atoms. The van der Waals surface area contributed by atoms with Gasteiger partial charge < -0.3 is 10.0 Å². The quantitative estimate of drug-likeness (QED) is 0.900. The van der Waals surface area contributed by atoms with Crippen LogP contribution in [0.4, 0.5) is 0 Å². The highest BCUT2D eigenvalue weighted by atomic mass is 35.5. The maximum atomic E-state index is 11.3. The minimum absolute atomic E-state index is 0.0474. The molecule has 1 fully saturated rings. The molecule has 92 valence electrons. The van der Waals surface area contributed by atoms with E-state index in [9.17, 15) is 9.90 Å². The Morgan fingerprint density at radius 2 is 2.29 bits per heavy atom. The van der Waals surface area contributed by atoms with Gasteiger partial charge in [0, 0.05) is 24.0 Å². The van der Waals surface area contributed by atoms with Gasteiger partial charge in [-0.25, -0.2) is 0 Å². The van der Waals surface area contributed by atoms with Gasteiger partial charge in [-0.2, -0.15) is 0 Å². The van der Waals surface area contributed by atoms with Gasteiger partial charge in [-0.1, -0.05) is 30.7 Å². The Bertz CT molecular complexity index is 422. The molecule has 0 radical (unpaired) electrons. The number of carboxylic acid groups (broad SMARTS) is 1. The van der Waals surface area contributed by atoms with Crippen molar-refractivity contribution in [1.29, 1.82) is 0 Å². The Kier molecular flexibility index (Phi) is 3.69. The number of likely N-dealkylation sites (N-methyl/N-ethyl adjacent to an activating group) is 1. The number of aliphatic carboxylic acids is 1. The van der Waals surface area contributed by atoms with Crippen LogP contribution in [0.25, 0.3) is 0 Å². The third-order valence-corrected chi connectivity index (χ3v) is 3.67. The average Bonchev–Trinajstić information content (AvgIpc) is 2.73. The summed E-state index contributed by atoms with van der Waals surface area (Å²) in [6, 6.07) is 7.53. The lowest BCUT2D eigenvalue weighted by atomic mass is 9.89. The van der Waals surface area contributed by atoms with Gasteiger partial charge in [0.1, 0.15) is 0 Å². The van der Waals surface area contributed by atoms with Gasteiger partial charge in [-0.05, 0) is 24.2 Å². The van der Waals surface area contributed by atoms with E-state index in [0.717, 1.165) is 18.7 Å². The first-order valence-electron chi connectivity index (χ1n) is 5.82. The Balaban J connectivity index is 2.26. The number of carboxylic acids is 1. The van der Waals surface area contributed by atoms with Gasteiger partial charge in [0.05, 0.1) is 5.92 Å². The van der Waals surface area contributed by atoms with Crippen molar-refractivity contribution in [2.45, 2.75) is 12.8 Å². The first-order chi connectivity index (χ1) is 8.11. The van der Waals surface area contributed by atoms with E-state index in [0.29, 0.717) is 11.6 Å². The summed E-state index contributed by atoms with van der Waals surface area (Å²) in [5.74, 6) is -0.995. The smallest absolute Gasteiger partial charge is 0.308 e. The Morgan fingerprint density at radius 3 is 2.88 bits per heavy atom. The van der Waals surface area contributed by atoms with Crippen LogP contribution in [-0.2, 0) is 4.79 Å². The Labute approximate surface area is 106 Å². The molecule has 0 saturated carbocycles. The number of carbonyl (C=O) groups is 1. The first-order valence-corrected chi connectivity index (χ1v) is 6.20. The van der Waals surface area contributed by atoms with Gasteiger partial charge in [-0.15, -0.1) is 0 Å². The standard InChI is InChI=1S/C13H16ClNO2/c1-2-15-7-11(12(8-15)13(16)17)9-4-3-5-10(14)6-9/h3-6,11-12H,2,7-8H2,1H3,(H,16,17). The van der Waals surface area contributed by atoms with E-state index in [1.807, 2.05) is 24.3 Å². The number of nitrogens with zero attached hydrogens (tertiary/aromatic N) is 1. The summed E-state index contributed by atoms with van der Waals surface area (Å²) >= 11 is 5.96. The molecule has 0 amide bonds. The highest BCUT2D eigenvalue weighted by molar-refractivity contribution is 6.30. The summed E-state index contributed by atoms with van der Waals surface area (Å²) in [6.07, 6.45) is 0. The molecule has 1 N–H and O–H groups in total. The fourth-order valence-electron chi connectivity index (χ4n) is 2.47. The molecule has 4 heteroatoms. The van der Waals surface area contributed by atoms with Gasteiger partial charge >= 0.3 is 5.97 Å². The van der Waals surface area contributed by atoms with Crippen molar-refractivity contribution in [1.82, 2.24) is 4.90 Å². The number of benzene rings is 1. The van der Waals surface area contributed by atoms with Gasteiger partial charge in [-0.3, -0.25) is 4.79 Å². The zero-order valence-corrected chi connectivity index (χ0v) is 10.5. The first kappa shape index (κ1) is 12.4. The number of rotatable bonds is 3. The van der Waals surface area contributed by atoms with E-state index in [1.54, 1.807) is 0 Å². The van der Waals surface area contributed by atoms with Crippen molar-refractivity contribution in [3.05, 3.63) is 34.9 Å². The third kappa shape index (κ3) is 2.61. The zero-order chi connectivity index (χ0) is 12.4. The van der Waals surface area contributed by atoms with Crippen LogP contribution < -0.4 is 0 Å². The summed E-state index contributed by atoms with van der Waals surface area (Å²) < 4.78 is 0. The van der Waals surface area contributed by atoms with E-state index in [-0.39, 0.29) is 11.8 Å². The van der Waals surface area contributed by atoms with Crippen LogP contribution >= 0.6 is 11.6 Å². The lowest BCUT2D eigenvalue weighted by molar-refractivity contribution is -0.141. The predicted molar refractivity (Wildman–Crippen MR) is 67.4 cm³/mol. The van der Waals surface area contributed by atoms with Crippen molar-refractivity contribution >= 4 is 17.6 Å². The van der Waals surface area contributed by atoms with Crippen LogP contribution in [0, 0.1) is 5.92 Å². The van der Waals surface area contributed by atoms with Crippen molar-refractivity contribution in [3.63, 3.8) is 0 Å². The number of hydrogen-bond donors (Lipinski definition) is 1. The Hall–Kier alpha value is -1.06. The zero-order valence-electron chi connectivity index (χ0n) is 9.77. The summed E-state index contributed by atoms with van der Waals surface area (Å²) in [7, 11) is 0. The summed E-state index contributed by atoms with van der Waals surface area (Å²) in [4.78, 5) is 13.4. The summed E-state index contributed by atoms with van der Waals surface area (Å²) in [5.41, 5.74) is 1.03. The Morgan fingerprint density at radius 1 is 1.53 bits per heavy atom. The second kappa shape index (κ2) is 5.07. The molecule has 17 heavy (non-hydrogen) atoms. The van der Waals surface area contributed by atoms with Crippen LogP contribution in [0.5, 0.6) is 0 Å². The van der Waals surface area contributed by atoms with E-state index in [1.165, 1.54) is 0 Å². The average molecular weight is 254 g/mol. The second-order valence-electron chi connectivity index (χ2n) is 4.46. The molecular weight excluding hydrogens is 238 g/mol. The number of likely N-dealkylation sites (tertiary alicyclic amines) is 1. The molecule has 1 saturated heterocycles. The molecule has 0 aliphatic carbocycles. The van der Waals surface area contributed by atoms with Crippen molar-refractivity contribution in [2.24, 2.45) is 5.92 Å². The highest BCUT2D eigenvalue weighted by Gasteiger charge is 2.37. The maximum absolute atomic E-state index is 11.3. The fourth-order valence-corrected chi connectivity index (χ4v) is 2.67. The van der Waals surface area contributed by atoms with Crippen LogP contribution in [-0.4, -0.2) is 35.6 Å². The molecule has 2 unspecified atom stereocenters. The largest absolute Gasteiger partial charge is 0.481 e. The topological polar surface area (TPSA) is 40.5 Å². The van der Waals surface area contributed by atoms with Gasteiger partial charge in [0.25, 0.3) is 0 Å². The predicted octanol–water partition coefficient (Wildman–Crippen LogP) is 2.46. The molecule has 2 rings (SSSR count). The molecule has 1 aliphatic rings. The number of halogens is 1. The normalized spacial score (nSPS) is 25.1. The molecule has 2 atom stereocenters. The fraction of sp³-hybridized carbons (Fsp3) is 0.462. The lowest BCUT2D eigenvalue weighted by Crippen LogP contribution is -2.23.